The fraction of sp³-hybridized carbons (Fsp3) is 0.318. The molecule has 0 bridgehead atoms. The molecule has 1 unspecified atom stereocenters. The van der Waals surface area contributed by atoms with E-state index in [2.05, 4.69) is 10.5 Å². The van der Waals surface area contributed by atoms with Crippen molar-refractivity contribution in [3.05, 3.63) is 59.2 Å². The number of hydrogen-bond donors (Lipinski definition) is 4. The lowest BCUT2D eigenvalue weighted by Gasteiger charge is -2.21. The molecular weight excluding hydrogens is 416 g/mol. The van der Waals surface area contributed by atoms with E-state index in [-0.39, 0.29) is 12.4 Å². The number of methoxy groups -OCH3 is 1. The highest BCUT2D eigenvalue weighted by Crippen LogP contribution is 2.31. The molecule has 2 aromatic rings. The number of anilines is 1. The maximum atomic E-state index is 12.6. The number of benzene rings is 2. The summed E-state index contributed by atoms with van der Waals surface area (Å²) < 4.78 is 16.0. The molecule has 0 heterocycles. The maximum Gasteiger partial charge on any atom is 0.333 e. The molecule has 0 aliphatic rings. The summed E-state index contributed by atoms with van der Waals surface area (Å²) in [6.45, 7) is 2.70. The number of carbonyl (C=O) groups is 2. The van der Waals surface area contributed by atoms with Crippen LogP contribution in [-0.2, 0) is 25.5 Å². The summed E-state index contributed by atoms with van der Waals surface area (Å²) in [6, 6.07) is 11.0. The van der Waals surface area contributed by atoms with Crippen LogP contribution < -0.4 is 21.5 Å². The van der Waals surface area contributed by atoms with Crippen LogP contribution in [0.4, 0.5) is 5.69 Å². The van der Waals surface area contributed by atoms with Gasteiger partial charge < -0.3 is 36.2 Å². The van der Waals surface area contributed by atoms with Crippen molar-refractivity contribution in [2.45, 2.75) is 19.4 Å². The van der Waals surface area contributed by atoms with Gasteiger partial charge in [-0.3, -0.25) is 4.79 Å². The van der Waals surface area contributed by atoms with Gasteiger partial charge in [0.25, 0.3) is 5.91 Å². The summed E-state index contributed by atoms with van der Waals surface area (Å²) >= 11 is 0. The first-order valence-electron chi connectivity index (χ1n) is 9.93. The second-order valence-corrected chi connectivity index (χ2v) is 6.74. The molecule has 32 heavy (non-hydrogen) atoms. The Bertz CT molecular complexity index is 946. The van der Waals surface area contributed by atoms with E-state index < -0.39 is 17.9 Å². The quantitative estimate of drug-likeness (QED) is 0.0958. The minimum Gasteiger partial charge on any atom is -0.483 e. The number of esters is 1. The molecule has 0 aromatic heterocycles. The molecule has 6 N–H and O–H groups in total. The van der Waals surface area contributed by atoms with Crippen LogP contribution in [0.1, 0.15) is 29.7 Å². The van der Waals surface area contributed by atoms with Crippen molar-refractivity contribution in [3.8, 4) is 5.75 Å². The normalized spacial score (nSPS) is 12.1. The fourth-order valence-electron chi connectivity index (χ4n) is 2.92. The van der Waals surface area contributed by atoms with Crippen LogP contribution in [0.2, 0.25) is 0 Å². The number of amides is 1. The van der Waals surface area contributed by atoms with Gasteiger partial charge in [0, 0.05) is 23.4 Å². The third-order valence-corrected chi connectivity index (χ3v) is 4.53. The lowest BCUT2D eigenvalue weighted by molar-refractivity contribution is -0.141. The van der Waals surface area contributed by atoms with Crippen molar-refractivity contribution in [2.75, 3.05) is 32.2 Å². The van der Waals surface area contributed by atoms with Gasteiger partial charge in [-0.05, 0) is 49.2 Å². The Morgan fingerprint density at radius 1 is 1.16 bits per heavy atom. The molecule has 0 fully saturated rings. The Morgan fingerprint density at radius 3 is 2.47 bits per heavy atom. The Kier molecular flexibility index (Phi) is 9.30. The molecule has 10 heteroatoms. The van der Waals surface area contributed by atoms with Crippen molar-refractivity contribution < 1.29 is 29.0 Å². The molecule has 0 radical (unpaired) electrons. The summed E-state index contributed by atoms with van der Waals surface area (Å²) in [5.41, 5.74) is 13.3. The van der Waals surface area contributed by atoms with Crippen LogP contribution in [0.15, 0.2) is 47.6 Å². The Balaban J connectivity index is 2.37. The third-order valence-electron chi connectivity index (χ3n) is 4.53. The number of nitrogens with zero attached hydrogens (tertiary/aromatic N) is 1. The third kappa shape index (κ3) is 6.88. The van der Waals surface area contributed by atoms with E-state index >= 15 is 0 Å². The highest BCUT2D eigenvalue weighted by Gasteiger charge is 2.25. The molecule has 2 aromatic carbocycles. The van der Waals surface area contributed by atoms with Crippen LogP contribution in [0, 0.1) is 0 Å². The molecule has 10 nitrogen and oxygen atoms in total. The van der Waals surface area contributed by atoms with Crippen LogP contribution in [-0.4, -0.2) is 49.8 Å². The predicted molar refractivity (Wildman–Crippen MR) is 119 cm³/mol. The van der Waals surface area contributed by atoms with Crippen molar-refractivity contribution in [1.29, 1.82) is 0 Å². The topological polar surface area (TPSA) is 158 Å². The molecule has 0 aliphatic carbocycles. The van der Waals surface area contributed by atoms with Gasteiger partial charge in [-0.1, -0.05) is 17.3 Å². The maximum absolute atomic E-state index is 12.6. The molecule has 1 atom stereocenters. The second-order valence-electron chi connectivity index (χ2n) is 6.74. The number of amidine groups is 1. The van der Waals surface area contributed by atoms with Crippen LogP contribution in [0.5, 0.6) is 5.75 Å². The summed E-state index contributed by atoms with van der Waals surface area (Å²) in [5.74, 6) is -0.909. The molecular formula is C22H28N4O6. The van der Waals surface area contributed by atoms with Gasteiger partial charge >= 0.3 is 5.97 Å². The highest BCUT2D eigenvalue weighted by atomic mass is 16.5. The number of hydrogen-bond acceptors (Lipinski definition) is 8. The van der Waals surface area contributed by atoms with E-state index in [0.717, 1.165) is 5.56 Å². The number of nitrogens with one attached hydrogen (secondary N) is 1. The monoisotopic (exact) mass is 444 g/mol. The fourth-order valence-corrected chi connectivity index (χ4v) is 2.92. The van der Waals surface area contributed by atoms with E-state index in [0.29, 0.717) is 42.2 Å². The van der Waals surface area contributed by atoms with Crippen molar-refractivity contribution in [1.82, 2.24) is 0 Å². The summed E-state index contributed by atoms with van der Waals surface area (Å²) in [7, 11) is 1.28. The van der Waals surface area contributed by atoms with Gasteiger partial charge in [-0.15, -0.1) is 0 Å². The summed E-state index contributed by atoms with van der Waals surface area (Å²) in [6.07, 6.45) is 0.632. The number of ether oxygens (including phenoxy) is 3. The van der Waals surface area contributed by atoms with E-state index in [9.17, 15) is 9.59 Å². The molecule has 0 saturated carbocycles. The van der Waals surface area contributed by atoms with Crippen molar-refractivity contribution in [3.63, 3.8) is 0 Å². The lowest BCUT2D eigenvalue weighted by Crippen LogP contribution is -2.25. The predicted octanol–water partition coefficient (Wildman–Crippen LogP) is 1.55. The summed E-state index contributed by atoms with van der Waals surface area (Å²) in [4.78, 5) is 23.9. The Labute approximate surface area is 186 Å². The number of carbonyl (C=O) groups excluding carboxylic acids is 2. The molecule has 172 valence electrons. The Hall–Kier alpha value is -3.79. The minimum atomic E-state index is -0.932. The van der Waals surface area contributed by atoms with Crippen molar-refractivity contribution in [2.24, 2.45) is 16.6 Å². The molecule has 0 aliphatic heterocycles. The van der Waals surface area contributed by atoms with Crippen molar-refractivity contribution >= 4 is 23.4 Å². The van der Waals surface area contributed by atoms with E-state index in [1.165, 1.54) is 7.11 Å². The average molecular weight is 444 g/mol. The molecule has 0 saturated heterocycles. The van der Waals surface area contributed by atoms with E-state index in [4.69, 9.17) is 30.9 Å². The zero-order valence-electron chi connectivity index (χ0n) is 18.0. The lowest BCUT2D eigenvalue weighted by atomic mass is 10.0. The van der Waals surface area contributed by atoms with Gasteiger partial charge in [-0.25, -0.2) is 4.79 Å². The first kappa shape index (κ1) is 24.5. The molecule has 1 amide bonds. The second kappa shape index (κ2) is 12.2. The molecule has 0 spiro atoms. The number of rotatable bonds is 12. The zero-order chi connectivity index (χ0) is 23.5. The standard InChI is InChI=1S/C22H28N4O6/c1-3-31-11-10-14-4-9-17(18(12-14)32-13-19(23)27)20(22(28)30-2)25-16-7-5-15(6-8-16)21(24)26-29/h4-9,12,20,25,29H,3,10-11,13H2,1-2H3,(H2,23,27)(H2,24,26). The average Bonchev–Trinajstić information content (AvgIpc) is 2.81. The largest absolute Gasteiger partial charge is 0.483 e. The Morgan fingerprint density at radius 2 is 1.88 bits per heavy atom. The minimum absolute atomic E-state index is 0.0363. The first-order chi connectivity index (χ1) is 15.4. The molecule has 2 rings (SSSR count). The summed E-state index contributed by atoms with van der Waals surface area (Å²) in [5, 5.41) is 14.8. The van der Waals surface area contributed by atoms with Crippen LogP contribution in [0.25, 0.3) is 0 Å². The van der Waals surface area contributed by atoms with Gasteiger partial charge in [0.2, 0.25) is 0 Å². The van der Waals surface area contributed by atoms with E-state index in [1.807, 2.05) is 13.0 Å². The van der Waals surface area contributed by atoms with Crippen LogP contribution in [0.3, 0.4) is 0 Å². The number of primary amides is 1. The number of oxime groups is 1. The van der Waals surface area contributed by atoms with Gasteiger partial charge in [0.15, 0.2) is 18.5 Å². The smallest absolute Gasteiger partial charge is 0.333 e. The van der Waals surface area contributed by atoms with E-state index in [1.54, 1.807) is 36.4 Å². The number of nitrogens with two attached hydrogens (primary N) is 2. The zero-order valence-corrected chi connectivity index (χ0v) is 18.0. The van der Waals surface area contributed by atoms with Crippen LogP contribution >= 0.6 is 0 Å². The highest BCUT2D eigenvalue weighted by molar-refractivity contribution is 5.97. The van der Waals surface area contributed by atoms with Gasteiger partial charge in [-0.2, -0.15) is 0 Å². The SMILES string of the molecule is CCOCCc1ccc(C(Nc2ccc(C(N)=NO)cc2)C(=O)OC)c(OCC(N)=O)c1. The van der Waals surface area contributed by atoms with Gasteiger partial charge in [0.05, 0.1) is 13.7 Å². The van der Waals surface area contributed by atoms with Gasteiger partial charge in [0.1, 0.15) is 5.75 Å². The first-order valence-corrected chi connectivity index (χ1v) is 9.93.